The predicted molar refractivity (Wildman–Crippen MR) is 182 cm³/mol. The van der Waals surface area contributed by atoms with Gasteiger partial charge in [-0.2, -0.15) is 0 Å². The van der Waals surface area contributed by atoms with Gasteiger partial charge in [0.2, 0.25) is 0 Å². The van der Waals surface area contributed by atoms with Crippen LogP contribution in [0, 0.1) is 0 Å². The number of fused-ring (bicyclic) bond motifs is 2. The molecule has 2 fully saturated rings. The minimum absolute atomic E-state index is 0.153. The van der Waals surface area contributed by atoms with Crippen molar-refractivity contribution in [3.8, 4) is 22.5 Å². The average molecular weight is 651 g/mol. The third kappa shape index (κ3) is 6.43. The number of benzene rings is 2. The van der Waals surface area contributed by atoms with Crippen molar-refractivity contribution >= 4 is 34.3 Å². The third-order valence-corrected chi connectivity index (χ3v) is 8.65. The summed E-state index contributed by atoms with van der Waals surface area (Å²) in [5, 5.41) is 9.11. The van der Waals surface area contributed by atoms with Gasteiger partial charge < -0.3 is 19.4 Å². The van der Waals surface area contributed by atoms with Crippen LogP contribution in [0.5, 0.6) is 0 Å². The van der Waals surface area contributed by atoms with E-state index in [1.807, 2.05) is 90.1 Å². The van der Waals surface area contributed by atoms with E-state index in [0.717, 1.165) is 81.9 Å². The molecule has 3 aromatic heterocycles. The molecule has 0 saturated carbocycles. The van der Waals surface area contributed by atoms with Crippen molar-refractivity contribution in [2.24, 2.45) is 0 Å². The highest BCUT2D eigenvalue weighted by Crippen LogP contribution is 2.35. The maximum atomic E-state index is 12.8. The maximum Gasteiger partial charge on any atom is 0.410 e. The summed E-state index contributed by atoms with van der Waals surface area (Å²) < 4.78 is 11.3. The van der Waals surface area contributed by atoms with Gasteiger partial charge in [-0.1, -0.05) is 12.1 Å². The van der Waals surface area contributed by atoms with E-state index in [0.29, 0.717) is 13.1 Å². The molecule has 0 unspecified atom stereocenters. The van der Waals surface area contributed by atoms with E-state index in [1.54, 1.807) is 9.80 Å². The Morgan fingerprint density at radius 1 is 0.667 bits per heavy atom. The fourth-order valence-electron chi connectivity index (χ4n) is 6.51. The number of nitrogens with zero attached hydrogens (tertiary/aromatic N) is 6. The molecule has 2 amide bonds. The van der Waals surface area contributed by atoms with Gasteiger partial charge in [0.05, 0.1) is 45.5 Å². The van der Waals surface area contributed by atoms with Crippen LogP contribution < -0.4 is 0 Å². The number of nitrogens with one attached hydrogen (secondary N) is 2. The summed E-state index contributed by atoms with van der Waals surface area (Å²) in [6.07, 6.45) is 2.83. The van der Waals surface area contributed by atoms with Crippen LogP contribution >= 0.6 is 0 Å². The number of likely N-dealkylation sites (tertiary alicyclic amines) is 2. The van der Waals surface area contributed by atoms with E-state index < -0.39 is 11.2 Å². The predicted octanol–water partition coefficient (Wildman–Crippen LogP) is 7.71. The second kappa shape index (κ2) is 11.9. The van der Waals surface area contributed by atoms with Gasteiger partial charge in [-0.15, -0.1) is 10.2 Å². The lowest BCUT2D eigenvalue weighted by Gasteiger charge is -2.27. The molecule has 7 rings (SSSR count). The monoisotopic (exact) mass is 650 g/mol. The highest BCUT2D eigenvalue weighted by Gasteiger charge is 2.36. The molecule has 5 aromatic rings. The largest absolute Gasteiger partial charge is 0.444 e. The number of aromatic nitrogens is 6. The Morgan fingerprint density at radius 3 is 1.46 bits per heavy atom. The second-order valence-corrected chi connectivity index (χ2v) is 14.7. The lowest BCUT2D eigenvalue weighted by Crippen LogP contribution is -2.36. The molecule has 2 aliphatic rings. The number of rotatable bonds is 4. The van der Waals surface area contributed by atoms with Gasteiger partial charge >= 0.3 is 12.2 Å². The number of hydrogen-bond acceptors (Lipinski definition) is 8. The van der Waals surface area contributed by atoms with Crippen molar-refractivity contribution in [1.82, 2.24) is 39.9 Å². The lowest BCUT2D eigenvalue weighted by molar-refractivity contribution is 0.0208. The summed E-state index contributed by atoms with van der Waals surface area (Å²) in [7, 11) is 0. The standard InChI is InChI=1S/C36H42N8O4/c1-35(2,3)47-33(45)43-17-7-9-29(43)31-37-25-13-11-21(19-27(25)39-31)23-15-16-24(42-41-23)22-12-14-26-28(20-22)40-32(38-26)30-10-8-18-44(30)34(46)48-36(4,5)6/h11-16,19-20,29-30H,7-10,17-18H2,1-6H3,(H,37,39)(H,38,40)/t29-,30-/m0/s1. The van der Waals surface area contributed by atoms with E-state index in [-0.39, 0.29) is 24.3 Å². The number of amides is 2. The Kier molecular flexibility index (Phi) is 7.84. The molecule has 5 heterocycles. The summed E-state index contributed by atoms with van der Waals surface area (Å²) in [4.78, 5) is 45.7. The van der Waals surface area contributed by atoms with Gasteiger partial charge in [0, 0.05) is 24.2 Å². The molecule has 2 aromatic carbocycles. The van der Waals surface area contributed by atoms with E-state index >= 15 is 0 Å². The van der Waals surface area contributed by atoms with Gasteiger partial charge in [-0.3, -0.25) is 9.80 Å². The van der Waals surface area contributed by atoms with Gasteiger partial charge in [0.15, 0.2) is 0 Å². The van der Waals surface area contributed by atoms with E-state index in [4.69, 9.17) is 19.4 Å². The molecule has 2 N–H and O–H groups in total. The maximum absolute atomic E-state index is 12.8. The van der Waals surface area contributed by atoms with Crippen molar-refractivity contribution in [2.75, 3.05) is 13.1 Å². The van der Waals surface area contributed by atoms with Crippen LogP contribution in [0.25, 0.3) is 44.6 Å². The van der Waals surface area contributed by atoms with Crippen LogP contribution in [0.2, 0.25) is 0 Å². The Hall–Kier alpha value is -5.00. The van der Waals surface area contributed by atoms with Crippen LogP contribution in [0.3, 0.4) is 0 Å². The Morgan fingerprint density at radius 2 is 1.08 bits per heavy atom. The summed E-state index contributed by atoms with van der Waals surface area (Å²) in [5.74, 6) is 1.52. The van der Waals surface area contributed by atoms with Crippen molar-refractivity contribution in [3.63, 3.8) is 0 Å². The normalized spacial score (nSPS) is 18.6. The van der Waals surface area contributed by atoms with E-state index in [9.17, 15) is 9.59 Å². The van der Waals surface area contributed by atoms with Crippen molar-refractivity contribution in [1.29, 1.82) is 0 Å². The van der Waals surface area contributed by atoms with Gasteiger partial charge in [-0.05, 0) is 104 Å². The summed E-state index contributed by atoms with van der Waals surface area (Å²) in [6, 6.07) is 15.5. The molecular formula is C36H42N8O4. The molecule has 12 heteroatoms. The highest BCUT2D eigenvalue weighted by atomic mass is 16.6. The van der Waals surface area contributed by atoms with E-state index in [2.05, 4.69) is 20.2 Å². The first kappa shape index (κ1) is 31.6. The fraction of sp³-hybridized carbons (Fsp3) is 0.444. The minimum atomic E-state index is -0.554. The van der Waals surface area contributed by atoms with Gasteiger partial charge in [-0.25, -0.2) is 19.6 Å². The molecule has 2 aliphatic heterocycles. The van der Waals surface area contributed by atoms with Crippen LogP contribution in [-0.4, -0.2) is 76.4 Å². The SMILES string of the molecule is CC(C)(C)OC(=O)N1CCC[C@H]1c1nc2ccc(-c3ccc(-c4ccc5nc([C@@H]6CCCN6C(=O)OC(C)(C)C)[nH]c5c4)nn3)cc2[nH]1. The number of H-pyrrole nitrogens is 2. The highest BCUT2D eigenvalue weighted by molar-refractivity contribution is 5.83. The molecule has 48 heavy (non-hydrogen) atoms. The lowest BCUT2D eigenvalue weighted by atomic mass is 10.1. The smallest absolute Gasteiger partial charge is 0.410 e. The van der Waals surface area contributed by atoms with Crippen molar-refractivity contribution in [3.05, 3.63) is 60.2 Å². The molecule has 0 bridgehead atoms. The first-order valence-electron chi connectivity index (χ1n) is 16.6. The molecule has 250 valence electrons. The zero-order chi connectivity index (χ0) is 33.8. The van der Waals surface area contributed by atoms with Crippen molar-refractivity contribution < 1.29 is 19.1 Å². The number of carbonyl (C=O) groups is 2. The Bertz CT molecular complexity index is 1840. The number of aromatic amines is 2. The number of ether oxygens (including phenoxy) is 2. The number of imidazole rings is 2. The summed E-state index contributed by atoms with van der Waals surface area (Å²) in [6.45, 7) is 12.5. The molecule has 0 aliphatic carbocycles. The third-order valence-electron chi connectivity index (χ3n) is 8.65. The summed E-state index contributed by atoms with van der Waals surface area (Å²) >= 11 is 0. The van der Waals surface area contributed by atoms with Gasteiger partial charge in [0.1, 0.15) is 22.9 Å². The molecule has 2 atom stereocenters. The second-order valence-electron chi connectivity index (χ2n) is 14.7. The molecule has 0 radical (unpaired) electrons. The zero-order valence-electron chi connectivity index (χ0n) is 28.3. The number of carbonyl (C=O) groups excluding carboxylic acids is 2. The summed E-state index contributed by atoms with van der Waals surface area (Å²) in [5.41, 5.74) is 5.58. The zero-order valence-corrected chi connectivity index (χ0v) is 28.3. The van der Waals surface area contributed by atoms with E-state index in [1.165, 1.54) is 0 Å². The molecule has 12 nitrogen and oxygen atoms in total. The molecule has 2 saturated heterocycles. The van der Waals surface area contributed by atoms with Crippen molar-refractivity contribution in [2.45, 2.75) is 90.5 Å². The Balaban J connectivity index is 1.08. The quantitative estimate of drug-likeness (QED) is 0.201. The van der Waals surface area contributed by atoms with Crippen LogP contribution in [0.1, 0.15) is 91.0 Å². The van der Waals surface area contributed by atoms with Crippen LogP contribution in [0.4, 0.5) is 9.59 Å². The first-order valence-corrected chi connectivity index (χ1v) is 16.6. The van der Waals surface area contributed by atoms with Crippen LogP contribution in [0.15, 0.2) is 48.5 Å². The van der Waals surface area contributed by atoms with Gasteiger partial charge in [0.25, 0.3) is 0 Å². The fourth-order valence-corrected chi connectivity index (χ4v) is 6.51. The number of hydrogen-bond donors (Lipinski definition) is 2. The molecular weight excluding hydrogens is 608 g/mol. The minimum Gasteiger partial charge on any atom is -0.444 e. The average Bonchev–Trinajstić information content (AvgIpc) is 3.83. The first-order chi connectivity index (χ1) is 22.8. The molecule has 0 spiro atoms. The van der Waals surface area contributed by atoms with Crippen LogP contribution in [-0.2, 0) is 9.47 Å². The topological polar surface area (TPSA) is 142 Å². The Labute approximate surface area is 279 Å².